The van der Waals surface area contributed by atoms with Gasteiger partial charge >= 0.3 is 5.97 Å². The van der Waals surface area contributed by atoms with Gasteiger partial charge in [0.2, 0.25) is 0 Å². The van der Waals surface area contributed by atoms with Crippen LogP contribution < -0.4 is 6.15 Å². The predicted molar refractivity (Wildman–Crippen MR) is 64.1 cm³/mol. The number of carbonyl (C=O) groups excluding carboxylic acids is 1. The summed E-state index contributed by atoms with van der Waals surface area (Å²) < 4.78 is 5.37. The van der Waals surface area contributed by atoms with E-state index in [1.54, 1.807) is 6.92 Å². The van der Waals surface area contributed by atoms with Crippen molar-refractivity contribution in [3.05, 3.63) is 12.2 Å². The second kappa shape index (κ2) is 8.48. The lowest BCUT2D eigenvalue weighted by atomic mass is 9.95. The molecule has 0 saturated carbocycles. The number of carbonyl (C=O) groups is 1. The lowest BCUT2D eigenvalue weighted by Crippen LogP contribution is -2.26. The van der Waals surface area contributed by atoms with Gasteiger partial charge in [-0.1, -0.05) is 27.4 Å². The molecule has 0 aromatic carbocycles. The van der Waals surface area contributed by atoms with Gasteiger partial charge in [-0.05, 0) is 32.1 Å². The Morgan fingerprint density at radius 3 is 1.93 bits per heavy atom. The molecule has 0 fully saturated rings. The molecule has 0 aromatic heterocycles. The summed E-state index contributed by atoms with van der Waals surface area (Å²) in [6.45, 7) is 11.6. The minimum absolute atomic E-state index is 0. The van der Waals surface area contributed by atoms with Crippen LogP contribution >= 0.6 is 0 Å². The van der Waals surface area contributed by atoms with Gasteiger partial charge in [-0.25, -0.2) is 4.79 Å². The van der Waals surface area contributed by atoms with Crippen molar-refractivity contribution in [1.82, 2.24) is 6.15 Å². The van der Waals surface area contributed by atoms with Gasteiger partial charge in [-0.3, -0.25) is 0 Å². The first kappa shape index (κ1) is 16.6. The van der Waals surface area contributed by atoms with E-state index in [4.69, 9.17) is 4.74 Å². The maximum atomic E-state index is 11.3. The fourth-order valence-corrected chi connectivity index (χ4v) is 1.57. The molecule has 0 aliphatic rings. The molecule has 0 radical (unpaired) electrons. The second-order valence-electron chi connectivity index (χ2n) is 3.71. The third-order valence-electron chi connectivity index (χ3n) is 2.58. The monoisotopic (exact) mass is 215 g/mol. The molecule has 3 heteroatoms. The molecule has 0 aliphatic carbocycles. The van der Waals surface area contributed by atoms with Gasteiger partial charge < -0.3 is 10.9 Å². The van der Waals surface area contributed by atoms with E-state index < -0.39 is 0 Å². The van der Waals surface area contributed by atoms with Crippen LogP contribution in [-0.4, -0.2) is 12.1 Å². The SMILES string of the molecule is C=C(C)C(=O)OC(CC)C(CC)CC.N. The molecular weight excluding hydrogens is 190 g/mol. The van der Waals surface area contributed by atoms with Crippen molar-refractivity contribution in [2.45, 2.75) is 53.1 Å². The van der Waals surface area contributed by atoms with E-state index in [9.17, 15) is 4.79 Å². The molecule has 0 rings (SSSR count). The Hall–Kier alpha value is -0.830. The summed E-state index contributed by atoms with van der Waals surface area (Å²) in [5, 5.41) is 0. The average molecular weight is 215 g/mol. The molecule has 3 nitrogen and oxygen atoms in total. The Morgan fingerprint density at radius 1 is 1.20 bits per heavy atom. The number of hydrogen-bond donors (Lipinski definition) is 1. The molecule has 0 amide bonds. The topological polar surface area (TPSA) is 61.3 Å². The molecule has 0 heterocycles. The first-order valence-corrected chi connectivity index (χ1v) is 5.43. The standard InChI is InChI=1S/C12H22O2.H3N/c1-6-10(7-2)11(8-3)14-12(13)9(4)5;/h10-11H,4,6-8H2,1-3,5H3;1H3. The largest absolute Gasteiger partial charge is 0.459 e. The van der Waals surface area contributed by atoms with E-state index >= 15 is 0 Å². The minimum atomic E-state index is -0.260. The summed E-state index contributed by atoms with van der Waals surface area (Å²) >= 11 is 0. The number of hydrogen-bond acceptors (Lipinski definition) is 3. The summed E-state index contributed by atoms with van der Waals surface area (Å²) in [6.07, 6.45) is 3.04. The third-order valence-corrected chi connectivity index (χ3v) is 2.58. The first-order valence-electron chi connectivity index (χ1n) is 5.43. The summed E-state index contributed by atoms with van der Waals surface area (Å²) in [5.41, 5.74) is 0.481. The fraction of sp³-hybridized carbons (Fsp3) is 0.750. The molecule has 0 aromatic rings. The quantitative estimate of drug-likeness (QED) is 0.545. The third kappa shape index (κ3) is 5.57. The summed E-state index contributed by atoms with van der Waals surface area (Å²) in [5.74, 6) is 0.215. The van der Waals surface area contributed by atoms with Crippen molar-refractivity contribution >= 4 is 5.97 Å². The summed E-state index contributed by atoms with van der Waals surface area (Å²) in [7, 11) is 0. The molecule has 0 saturated heterocycles. The normalized spacial score (nSPS) is 11.8. The zero-order chi connectivity index (χ0) is 11.1. The van der Waals surface area contributed by atoms with Gasteiger partial charge in [-0.2, -0.15) is 0 Å². The Balaban J connectivity index is 0. The maximum Gasteiger partial charge on any atom is 0.333 e. The van der Waals surface area contributed by atoms with Crippen molar-refractivity contribution in [1.29, 1.82) is 0 Å². The average Bonchev–Trinajstić information content (AvgIpc) is 2.17. The molecule has 0 aliphatic heterocycles. The van der Waals surface area contributed by atoms with Crippen molar-refractivity contribution < 1.29 is 9.53 Å². The number of esters is 1. The van der Waals surface area contributed by atoms with Crippen LogP contribution in [-0.2, 0) is 9.53 Å². The van der Waals surface area contributed by atoms with E-state index in [0.29, 0.717) is 11.5 Å². The number of ether oxygens (including phenoxy) is 1. The summed E-state index contributed by atoms with van der Waals surface area (Å²) in [4.78, 5) is 11.3. The van der Waals surface area contributed by atoms with Gasteiger partial charge in [0, 0.05) is 5.57 Å². The highest BCUT2D eigenvalue weighted by Crippen LogP contribution is 2.19. The Kier molecular flexibility index (Phi) is 9.38. The van der Waals surface area contributed by atoms with Crippen LogP contribution in [0, 0.1) is 5.92 Å². The highest BCUT2D eigenvalue weighted by molar-refractivity contribution is 5.87. The molecule has 90 valence electrons. The van der Waals surface area contributed by atoms with Crippen LogP contribution in [0.1, 0.15) is 47.0 Å². The Labute approximate surface area is 93.5 Å². The van der Waals surface area contributed by atoms with Crippen molar-refractivity contribution in [3.63, 3.8) is 0 Å². The van der Waals surface area contributed by atoms with E-state index in [1.165, 1.54) is 0 Å². The molecule has 0 bridgehead atoms. The van der Waals surface area contributed by atoms with Gasteiger partial charge in [0.05, 0.1) is 0 Å². The zero-order valence-corrected chi connectivity index (χ0v) is 10.5. The van der Waals surface area contributed by atoms with Crippen LogP contribution in [0.5, 0.6) is 0 Å². The highest BCUT2D eigenvalue weighted by atomic mass is 16.5. The van der Waals surface area contributed by atoms with Crippen LogP contribution in [0.4, 0.5) is 0 Å². The van der Waals surface area contributed by atoms with Crippen LogP contribution in [0.25, 0.3) is 0 Å². The van der Waals surface area contributed by atoms with E-state index in [2.05, 4.69) is 27.4 Å². The van der Waals surface area contributed by atoms with Crippen molar-refractivity contribution in [2.75, 3.05) is 0 Å². The molecular formula is C12H25NO2. The lowest BCUT2D eigenvalue weighted by Gasteiger charge is -2.24. The van der Waals surface area contributed by atoms with Crippen LogP contribution in [0.3, 0.4) is 0 Å². The van der Waals surface area contributed by atoms with Gasteiger partial charge in [-0.15, -0.1) is 0 Å². The molecule has 0 spiro atoms. The smallest absolute Gasteiger partial charge is 0.333 e. The highest BCUT2D eigenvalue weighted by Gasteiger charge is 2.20. The maximum absolute atomic E-state index is 11.3. The van der Waals surface area contributed by atoms with Gasteiger partial charge in [0.25, 0.3) is 0 Å². The summed E-state index contributed by atoms with van der Waals surface area (Å²) in [6, 6.07) is 0. The second-order valence-corrected chi connectivity index (χ2v) is 3.71. The number of rotatable bonds is 6. The van der Waals surface area contributed by atoms with Crippen LogP contribution in [0.15, 0.2) is 12.2 Å². The van der Waals surface area contributed by atoms with Crippen LogP contribution in [0.2, 0.25) is 0 Å². The molecule has 15 heavy (non-hydrogen) atoms. The molecule has 1 atom stereocenters. The van der Waals surface area contributed by atoms with Gasteiger partial charge in [0.1, 0.15) is 6.10 Å². The van der Waals surface area contributed by atoms with Gasteiger partial charge in [0.15, 0.2) is 0 Å². The zero-order valence-electron chi connectivity index (χ0n) is 10.5. The lowest BCUT2D eigenvalue weighted by molar-refractivity contribution is -0.147. The first-order chi connectivity index (χ1) is 6.56. The van der Waals surface area contributed by atoms with E-state index in [1.807, 2.05) is 0 Å². The predicted octanol–water partition coefficient (Wildman–Crippen LogP) is 3.48. The Morgan fingerprint density at radius 2 is 1.67 bits per heavy atom. The minimum Gasteiger partial charge on any atom is -0.459 e. The van der Waals surface area contributed by atoms with Crippen molar-refractivity contribution in [2.24, 2.45) is 5.92 Å². The van der Waals surface area contributed by atoms with E-state index in [-0.39, 0.29) is 18.2 Å². The van der Waals surface area contributed by atoms with E-state index in [0.717, 1.165) is 19.3 Å². The van der Waals surface area contributed by atoms with Crippen molar-refractivity contribution in [3.8, 4) is 0 Å². The molecule has 3 N–H and O–H groups in total. The fourth-order valence-electron chi connectivity index (χ4n) is 1.57. The molecule has 1 unspecified atom stereocenters. The Bertz CT molecular complexity index is 198.